The van der Waals surface area contributed by atoms with Crippen LogP contribution in [0.1, 0.15) is 102 Å². The number of unbranched alkanes of at least 4 members (excludes halogenated alkanes) is 1. The number of rotatable bonds is 22. The lowest BCUT2D eigenvalue weighted by molar-refractivity contribution is -0.172. The second-order valence-electron chi connectivity index (χ2n) is 16.4. The predicted molar refractivity (Wildman–Crippen MR) is 227 cm³/mol. The minimum atomic E-state index is -1.94. The minimum Gasteiger partial charge on any atom is -0.458 e. The highest BCUT2D eigenvalue weighted by molar-refractivity contribution is 5.93. The van der Waals surface area contributed by atoms with Gasteiger partial charge in [-0.15, -0.1) is 0 Å². The van der Waals surface area contributed by atoms with Crippen molar-refractivity contribution < 1.29 is 43.2 Å². The standard InChI is InChI=1S/C44H61N7O10/c1-6-14-50(15-7-2)16-10-9-13-32(49-41(54)38(45)26(4)5)40(53)46-21-37(52)47-24-58-17-11-12-27-28-18-35-36(61-25-60-35)20-33(28)48-39-29(27)22-51-34(39)19-31-30(42(51)55)23-59-43(56)44(31,57)8-3/h18-20,26,32,38,57H,6-17,21-25,45H2,1-5H3,(H,46,53)(H,47,52)(H,49,54)/t32-,38-,44-/m0/s1. The molecule has 3 atom stereocenters. The van der Waals surface area contributed by atoms with Gasteiger partial charge in [-0.05, 0) is 94.6 Å². The molecule has 0 saturated heterocycles. The molecule has 61 heavy (non-hydrogen) atoms. The molecular weight excluding hydrogens is 787 g/mol. The normalized spacial score (nSPS) is 17.2. The number of cyclic esters (lactones) is 1. The highest BCUT2D eigenvalue weighted by Gasteiger charge is 2.45. The Bertz CT molecular complexity index is 2170. The van der Waals surface area contributed by atoms with Crippen molar-refractivity contribution in [2.45, 2.75) is 117 Å². The number of amides is 3. The smallest absolute Gasteiger partial charge is 0.343 e. The largest absolute Gasteiger partial charge is 0.458 e. The summed E-state index contributed by atoms with van der Waals surface area (Å²) < 4.78 is 24.0. The third kappa shape index (κ3) is 10.0. The van der Waals surface area contributed by atoms with Crippen molar-refractivity contribution in [3.05, 3.63) is 50.8 Å². The van der Waals surface area contributed by atoms with Crippen molar-refractivity contribution in [1.82, 2.24) is 30.4 Å². The summed E-state index contributed by atoms with van der Waals surface area (Å²) in [7, 11) is 0. The van der Waals surface area contributed by atoms with Gasteiger partial charge in [0.05, 0.1) is 41.6 Å². The van der Waals surface area contributed by atoms with Crippen molar-refractivity contribution >= 4 is 34.6 Å². The zero-order chi connectivity index (χ0) is 43.8. The van der Waals surface area contributed by atoms with Gasteiger partial charge in [0.1, 0.15) is 19.4 Å². The summed E-state index contributed by atoms with van der Waals surface area (Å²) in [6, 6.07) is 3.79. The number of pyridine rings is 2. The molecule has 3 aliphatic rings. The molecule has 0 radical (unpaired) electrons. The molecule has 0 saturated carbocycles. The number of aliphatic hydroxyl groups is 1. The summed E-state index contributed by atoms with van der Waals surface area (Å²) in [6.45, 7) is 12.6. The number of carbonyl (C=O) groups is 4. The summed E-state index contributed by atoms with van der Waals surface area (Å²) in [5.41, 5.74) is 7.73. The number of aryl methyl sites for hydroxylation is 1. The molecule has 1 aromatic carbocycles. The van der Waals surface area contributed by atoms with Crippen LogP contribution in [0.5, 0.6) is 11.5 Å². The first kappa shape index (κ1) is 45.4. The van der Waals surface area contributed by atoms with E-state index in [1.807, 2.05) is 19.9 Å². The van der Waals surface area contributed by atoms with Crippen molar-refractivity contribution in [1.29, 1.82) is 0 Å². The molecule has 3 amide bonds. The van der Waals surface area contributed by atoms with Gasteiger partial charge >= 0.3 is 5.97 Å². The molecule has 6 rings (SSSR count). The van der Waals surface area contributed by atoms with E-state index in [2.05, 4.69) is 34.7 Å². The fraction of sp³-hybridized carbons (Fsp3) is 0.591. The predicted octanol–water partition coefficient (Wildman–Crippen LogP) is 2.71. The molecule has 17 nitrogen and oxygen atoms in total. The molecule has 0 spiro atoms. The van der Waals surface area contributed by atoms with Gasteiger partial charge in [0, 0.05) is 29.2 Å². The van der Waals surface area contributed by atoms with E-state index in [1.165, 1.54) is 0 Å². The number of nitrogens with zero attached hydrogens (tertiary/aromatic N) is 3. The van der Waals surface area contributed by atoms with Crippen LogP contribution in [0.15, 0.2) is 23.0 Å². The molecule has 6 N–H and O–H groups in total. The van der Waals surface area contributed by atoms with Gasteiger partial charge in [0.15, 0.2) is 17.1 Å². The first-order valence-corrected chi connectivity index (χ1v) is 21.6. The van der Waals surface area contributed by atoms with E-state index in [9.17, 15) is 29.1 Å². The first-order chi connectivity index (χ1) is 29.3. The SMILES string of the molecule is CCCN(CCC)CCCC[C@H](NC(=O)[C@@H](N)C(C)C)C(=O)NCC(=O)NCOCCCc1c2c(nc3cc4c(cc13)OCO4)-c1cc3c(c(=O)n1C2)COC(=O)[C@]3(O)CC. The molecule has 3 aliphatic heterocycles. The number of ether oxygens (including phenoxy) is 4. The summed E-state index contributed by atoms with van der Waals surface area (Å²) in [6.07, 6.45) is 5.25. The lowest BCUT2D eigenvalue weighted by Gasteiger charge is -2.31. The van der Waals surface area contributed by atoms with Crippen LogP contribution in [0.4, 0.5) is 0 Å². The van der Waals surface area contributed by atoms with Crippen LogP contribution in [-0.2, 0) is 53.8 Å². The third-order valence-corrected chi connectivity index (χ3v) is 11.8. The Labute approximate surface area is 356 Å². The average molecular weight is 848 g/mol. The van der Waals surface area contributed by atoms with E-state index in [4.69, 9.17) is 29.7 Å². The molecule has 332 valence electrons. The summed E-state index contributed by atoms with van der Waals surface area (Å²) in [4.78, 5) is 72.7. The number of benzene rings is 1. The molecule has 0 unspecified atom stereocenters. The first-order valence-electron chi connectivity index (χ1n) is 21.6. The third-order valence-electron chi connectivity index (χ3n) is 11.8. The summed E-state index contributed by atoms with van der Waals surface area (Å²) in [5.74, 6) is -1.06. The number of esters is 1. The summed E-state index contributed by atoms with van der Waals surface area (Å²) >= 11 is 0. The molecule has 0 fully saturated rings. The Kier molecular flexibility index (Phi) is 15.0. The number of nitrogens with two attached hydrogens (primary N) is 1. The molecule has 5 heterocycles. The van der Waals surface area contributed by atoms with E-state index in [1.54, 1.807) is 23.6 Å². The van der Waals surface area contributed by atoms with Crippen molar-refractivity contribution in [2.75, 3.05) is 46.3 Å². The van der Waals surface area contributed by atoms with E-state index < -0.39 is 41.4 Å². The van der Waals surface area contributed by atoms with Gasteiger partial charge in [0.25, 0.3) is 5.56 Å². The number of fused-ring (bicyclic) bond motifs is 6. The number of nitrogens with one attached hydrogen (secondary N) is 3. The summed E-state index contributed by atoms with van der Waals surface area (Å²) in [5, 5.41) is 20.3. The Morgan fingerprint density at radius 3 is 2.41 bits per heavy atom. The highest BCUT2D eigenvalue weighted by Crippen LogP contribution is 2.43. The van der Waals surface area contributed by atoms with Crippen molar-refractivity contribution in [3.63, 3.8) is 0 Å². The Morgan fingerprint density at radius 1 is 0.967 bits per heavy atom. The zero-order valence-electron chi connectivity index (χ0n) is 36.0. The zero-order valence-corrected chi connectivity index (χ0v) is 36.0. The lowest BCUT2D eigenvalue weighted by Crippen LogP contribution is -2.53. The minimum absolute atomic E-state index is 0.0373. The van der Waals surface area contributed by atoms with E-state index >= 15 is 0 Å². The molecule has 0 aliphatic carbocycles. The van der Waals surface area contributed by atoms with Crippen molar-refractivity contribution in [2.24, 2.45) is 11.7 Å². The number of hydrogen-bond donors (Lipinski definition) is 5. The molecule has 3 aromatic rings. The maximum atomic E-state index is 13.8. The van der Waals surface area contributed by atoms with E-state index in [0.29, 0.717) is 47.7 Å². The van der Waals surface area contributed by atoms with Crippen LogP contribution in [0, 0.1) is 5.92 Å². The molecular formula is C44H61N7O10. The molecule has 2 aromatic heterocycles. The van der Waals surface area contributed by atoms with E-state index in [0.717, 1.165) is 61.8 Å². The van der Waals surface area contributed by atoms with Gasteiger partial charge in [0.2, 0.25) is 24.5 Å². The molecule has 0 bridgehead atoms. The lowest BCUT2D eigenvalue weighted by atomic mass is 9.86. The topological polar surface area (TPSA) is 226 Å². The molecule has 17 heteroatoms. The van der Waals surface area contributed by atoms with Crippen LogP contribution >= 0.6 is 0 Å². The van der Waals surface area contributed by atoms with Crippen molar-refractivity contribution in [3.8, 4) is 22.9 Å². The van der Waals surface area contributed by atoms with Gasteiger partial charge in [-0.1, -0.05) is 34.6 Å². The fourth-order valence-electron chi connectivity index (χ4n) is 8.24. The van der Waals surface area contributed by atoms with Gasteiger partial charge in [-0.25, -0.2) is 9.78 Å². The Hall–Kier alpha value is -5.10. The van der Waals surface area contributed by atoms with Crippen LogP contribution in [0.3, 0.4) is 0 Å². The van der Waals surface area contributed by atoms with Crippen LogP contribution in [0.25, 0.3) is 22.3 Å². The van der Waals surface area contributed by atoms with Gasteiger partial charge in [-0.2, -0.15) is 0 Å². The number of hydrogen-bond acceptors (Lipinski definition) is 13. The van der Waals surface area contributed by atoms with Gasteiger partial charge < -0.3 is 55.2 Å². The monoisotopic (exact) mass is 847 g/mol. The Balaban J connectivity index is 1.05. The van der Waals surface area contributed by atoms with Gasteiger partial charge in [-0.3, -0.25) is 19.2 Å². The Morgan fingerprint density at radius 2 is 1.70 bits per heavy atom. The quantitative estimate of drug-likeness (QED) is 0.0437. The van der Waals surface area contributed by atoms with Crippen LogP contribution < -0.4 is 36.7 Å². The maximum Gasteiger partial charge on any atom is 0.343 e. The maximum absolute atomic E-state index is 13.8. The van der Waals surface area contributed by atoms with Crippen LogP contribution in [-0.4, -0.2) is 102 Å². The average Bonchev–Trinajstić information content (AvgIpc) is 3.86. The number of aromatic nitrogens is 2. The highest BCUT2D eigenvalue weighted by atomic mass is 16.7. The second kappa shape index (κ2) is 20.2. The fourth-order valence-corrected chi connectivity index (χ4v) is 8.24. The number of carbonyl (C=O) groups excluding carboxylic acids is 4. The van der Waals surface area contributed by atoms with E-state index in [-0.39, 0.29) is 68.9 Å². The van der Waals surface area contributed by atoms with Crippen LogP contribution in [0.2, 0.25) is 0 Å². The second-order valence-corrected chi connectivity index (χ2v) is 16.4.